The van der Waals surface area contributed by atoms with Crippen molar-refractivity contribution in [3.63, 3.8) is 0 Å². The zero-order valence-corrected chi connectivity index (χ0v) is 11.8. The monoisotopic (exact) mass is 333 g/mol. The molecular formula is C12H10F3N3O3S. The Morgan fingerprint density at radius 2 is 1.73 bits per heavy atom. The van der Waals surface area contributed by atoms with Crippen molar-refractivity contribution in [1.82, 2.24) is 10.2 Å². The van der Waals surface area contributed by atoms with Gasteiger partial charge in [0.15, 0.2) is 24.6 Å². The Bertz CT molecular complexity index is 744. The molecule has 0 N–H and O–H groups in total. The molecule has 0 fully saturated rings. The molecule has 0 aliphatic heterocycles. The van der Waals surface area contributed by atoms with Crippen LogP contribution < -0.4 is 4.57 Å². The second kappa shape index (κ2) is 5.97. The molecule has 0 unspecified atom stereocenters. The van der Waals surface area contributed by atoms with E-state index in [1.54, 1.807) is 0 Å². The van der Waals surface area contributed by atoms with Gasteiger partial charge in [-0.15, -0.1) is 10.2 Å². The quantitative estimate of drug-likeness (QED) is 0.615. The van der Waals surface area contributed by atoms with Crippen molar-refractivity contribution < 1.29 is 30.7 Å². The summed E-state index contributed by atoms with van der Waals surface area (Å²) in [4.78, 5) is 0. The zero-order valence-electron chi connectivity index (χ0n) is 11.0. The number of aryl methyl sites for hydroxylation is 1. The molecular weight excluding hydrogens is 323 g/mol. The van der Waals surface area contributed by atoms with Crippen molar-refractivity contribution in [1.29, 1.82) is 0 Å². The summed E-state index contributed by atoms with van der Waals surface area (Å²) >= 11 is 0. The second-order valence-electron chi connectivity index (χ2n) is 4.39. The molecule has 0 aliphatic rings. The van der Waals surface area contributed by atoms with E-state index in [0.29, 0.717) is 5.56 Å². The van der Waals surface area contributed by atoms with E-state index in [1.165, 1.54) is 35.2 Å². The lowest BCUT2D eigenvalue weighted by molar-refractivity contribution is -0.692. The van der Waals surface area contributed by atoms with Gasteiger partial charge in [0.25, 0.3) is 0 Å². The first kappa shape index (κ1) is 16.3. The minimum absolute atomic E-state index is 0.00912. The van der Waals surface area contributed by atoms with Crippen LogP contribution in [0.15, 0.2) is 36.7 Å². The van der Waals surface area contributed by atoms with Gasteiger partial charge in [0.1, 0.15) is 10.1 Å². The molecule has 0 spiro atoms. The number of pyridine rings is 1. The van der Waals surface area contributed by atoms with E-state index in [0.717, 1.165) is 6.07 Å². The van der Waals surface area contributed by atoms with E-state index >= 15 is 0 Å². The van der Waals surface area contributed by atoms with Crippen molar-refractivity contribution in [3.8, 4) is 11.3 Å². The van der Waals surface area contributed by atoms with Gasteiger partial charge in [0.2, 0.25) is 0 Å². The van der Waals surface area contributed by atoms with Crippen LogP contribution in [0.5, 0.6) is 0 Å². The summed E-state index contributed by atoms with van der Waals surface area (Å²) in [5, 5.41) is 6.62. The molecule has 2 heterocycles. The van der Waals surface area contributed by atoms with E-state index in [2.05, 4.69) is 10.2 Å². The molecule has 118 valence electrons. The van der Waals surface area contributed by atoms with Crippen molar-refractivity contribution in [2.24, 2.45) is 0 Å². The van der Waals surface area contributed by atoms with Gasteiger partial charge in [-0.05, 0) is 12.1 Å². The molecule has 2 aromatic rings. The van der Waals surface area contributed by atoms with Gasteiger partial charge in [-0.3, -0.25) is 0 Å². The van der Waals surface area contributed by atoms with Gasteiger partial charge < -0.3 is 4.55 Å². The number of aromatic nitrogens is 3. The fourth-order valence-corrected chi connectivity index (χ4v) is 2.07. The number of halogens is 3. The van der Waals surface area contributed by atoms with Crippen molar-refractivity contribution >= 4 is 10.1 Å². The highest BCUT2D eigenvalue weighted by Gasteiger charge is 2.32. The Hall–Kier alpha value is -2.07. The van der Waals surface area contributed by atoms with Crippen LogP contribution >= 0.6 is 0 Å². The highest BCUT2D eigenvalue weighted by molar-refractivity contribution is 7.85. The molecule has 0 aromatic carbocycles. The average Bonchev–Trinajstić information content (AvgIpc) is 2.44. The summed E-state index contributed by atoms with van der Waals surface area (Å²) < 4.78 is 70.2. The number of nitrogens with zero attached hydrogens (tertiary/aromatic N) is 3. The molecule has 0 amide bonds. The highest BCUT2D eigenvalue weighted by Crippen LogP contribution is 2.27. The second-order valence-corrected chi connectivity index (χ2v) is 5.91. The molecule has 6 nitrogen and oxygen atoms in total. The number of hydrogen-bond acceptors (Lipinski definition) is 5. The number of alkyl halides is 3. The summed E-state index contributed by atoms with van der Waals surface area (Å²) in [7, 11) is -4.30. The molecule has 10 heteroatoms. The zero-order chi connectivity index (χ0) is 16.4. The Labute approximate surface area is 124 Å². The first-order valence-corrected chi connectivity index (χ1v) is 7.57. The third-order valence-corrected chi connectivity index (χ3v) is 3.42. The third kappa shape index (κ3) is 4.46. The fourth-order valence-electron chi connectivity index (χ4n) is 1.63. The van der Waals surface area contributed by atoms with Crippen molar-refractivity contribution in [2.45, 2.75) is 12.7 Å². The summed E-state index contributed by atoms with van der Waals surface area (Å²) in [5.74, 6) is -0.545. The molecule has 0 aliphatic carbocycles. The maximum Gasteiger partial charge on any atom is 0.435 e. The predicted molar refractivity (Wildman–Crippen MR) is 67.2 cm³/mol. The van der Waals surface area contributed by atoms with Crippen LogP contribution in [0, 0.1) is 0 Å². The minimum Gasteiger partial charge on any atom is -0.748 e. The topological polar surface area (TPSA) is 86.9 Å². The highest BCUT2D eigenvalue weighted by atomic mass is 32.2. The van der Waals surface area contributed by atoms with E-state index in [1.807, 2.05) is 0 Å². The van der Waals surface area contributed by atoms with Gasteiger partial charge in [0, 0.05) is 17.7 Å². The lowest BCUT2D eigenvalue weighted by Crippen LogP contribution is -2.36. The standard InChI is InChI=1S/C12H10F3N3O3S/c13-12(14,15)11-2-1-10(16-17-11)9-3-5-18(6-4-9)7-8-22(19,20)21/h1-6H,7-8H2. The van der Waals surface area contributed by atoms with Gasteiger partial charge in [-0.1, -0.05) is 0 Å². The molecule has 0 radical (unpaired) electrons. The van der Waals surface area contributed by atoms with Crippen LogP contribution in [-0.4, -0.2) is 28.9 Å². The van der Waals surface area contributed by atoms with Crippen molar-refractivity contribution in [3.05, 3.63) is 42.4 Å². The van der Waals surface area contributed by atoms with Crippen LogP contribution in [0.2, 0.25) is 0 Å². The molecule has 0 saturated heterocycles. The van der Waals surface area contributed by atoms with E-state index < -0.39 is 27.7 Å². The largest absolute Gasteiger partial charge is 0.748 e. The van der Waals surface area contributed by atoms with E-state index in [-0.39, 0.29) is 12.2 Å². The summed E-state index contributed by atoms with van der Waals surface area (Å²) in [5.41, 5.74) is -0.318. The van der Waals surface area contributed by atoms with Gasteiger partial charge in [-0.25, -0.2) is 13.0 Å². The summed E-state index contributed by atoms with van der Waals surface area (Å²) in [6.45, 7) is -0.00912. The number of hydrogen-bond donors (Lipinski definition) is 0. The van der Waals surface area contributed by atoms with E-state index in [4.69, 9.17) is 0 Å². The first-order valence-electron chi connectivity index (χ1n) is 5.99. The van der Waals surface area contributed by atoms with Crippen molar-refractivity contribution in [2.75, 3.05) is 5.75 Å². The lowest BCUT2D eigenvalue weighted by Gasteiger charge is -2.05. The Morgan fingerprint density at radius 3 is 2.18 bits per heavy atom. The maximum atomic E-state index is 12.4. The Morgan fingerprint density at radius 1 is 1.09 bits per heavy atom. The van der Waals surface area contributed by atoms with Crippen LogP contribution in [0.3, 0.4) is 0 Å². The van der Waals surface area contributed by atoms with Gasteiger partial charge >= 0.3 is 6.18 Å². The van der Waals surface area contributed by atoms with Gasteiger partial charge in [0.05, 0.1) is 11.4 Å². The Balaban J connectivity index is 2.13. The molecule has 2 aromatic heterocycles. The molecule has 2 rings (SSSR count). The van der Waals surface area contributed by atoms with E-state index in [9.17, 15) is 26.1 Å². The maximum absolute atomic E-state index is 12.4. The molecule has 0 bridgehead atoms. The first-order chi connectivity index (χ1) is 10.1. The van der Waals surface area contributed by atoms with Gasteiger partial charge in [-0.2, -0.15) is 13.2 Å². The SMILES string of the molecule is O=S(=O)([O-])CC[n+]1ccc(-c2ccc(C(F)(F)F)nn2)cc1. The molecule has 0 saturated carbocycles. The minimum atomic E-state index is -4.55. The number of rotatable bonds is 4. The Kier molecular flexibility index (Phi) is 4.42. The summed E-state index contributed by atoms with van der Waals surface area (Å²) in [6, 6.07) is 5.09. The normalized spacial score (nSPS) is 12.4. The predicted octanol–water partition coefficient (Wildman–Crippen LogP) is 0.995. The van der Waals surface area contributed by atoms with Crippen LogP contribution in [0.25, 0.3) is 11.3 Å². The fraction of sp³-hybridized carbons (Fsp3) is 0.250. The smallest absolute Gasteiger partial charge is 0.435 e. The summed E-state index contributed by atoms with van der Waals surface area (Å²) in [6.07, 6.45) is -1.55. The molecule has 0 atom stereocenters. The van der Waals surface area contributed by atoms with Crippen LogP contribution in [-0.2, 0) is 22.8 Å². The average molecular weight is 333 g/mol. The molecule has 22 heavy (non-hydrogen) atoms. The van der Waals surface area contributed by atoms with Crippen LogP contribution in [0.4, 0.5) is 13.2 Å². The lowest BCUT2D eigenvalue weighted by atomic mass is 10.2. The van der Waals surface area contributed by atoms with Crippen LogP contribution in [0.1, 0.15) is 5.69 Å². The third-order valence-electron chi connectivity index (χ3n) is 2.74.